The second kappa shape index (κ2) is 6.95. The molecule has 1 aromatic heterocycles. The van der Waals surface area contributed by atoms with E-state index in [0.29, 0.717) is 12.5 Å². The first-order valence-corrected chi connectivity index (χ1v) is 7.67. The first kappa shape index (κ1) is 15.1. The third kappa shape index (κ3) is 3.64. The van der Waals surface area contributed by atoms with Crippen molar-refractivity contribution in [1.29, 1.82) is 0 Å². The average Bonchev–Trinajstić information content (AvgIpc) is 2.45. The number of hydrogen-bond acceptors (Lipinski definition) is 3. The Labute approximate surface area is 132 Å². The molecule has 1 heterocycles. The molecule has 1 N–H and O–H groups in total. The van der Waals surface area contributed by atoms with E-state index in [1.807, 2.05) is 38.1 Å². The van der Waals surface area contributed by atoms with E-state index >= 15 is 0 Å². The van der Waals surface area contributed by atoms with E-state index in [1.165, 1.54) is 0 Å². The van der Waals surface area contributed by atoms with Crippen LogP contribution in [0.1, 0.15) is 18.1 Å². The van der Waals surface area contributed by atoms with Gasteiger partial charge in [0.1, 0.15) is 11.6 Å². The topological polar surface area (TPSA) is 34.1 Å². The van der Waals surface area contributed by atoms with Crippen molar-refractivity contribution in [2.75, 3.05) is 11.9 Å². The van der Waals surface area contributed by atoms with Gasteiger partial charge in [0.2, 0.25) is 0 Å². The first-order chi connectivity index (χ1) is 9.63. The van der Waals surface area contributed by atoms with Crippen LogP contribution in [0.3, 0.4) is 0 Å². The molecule has 0 saturated carbocycles. The van der Waals surface area contributed by atoms with Crippen molar-refractivity contribution in [3.8, 4) is 5.75 Å². The Bertz CT molecular complexity index is 604. The maximum atomic E-state index is 5.96. The normalized spacial score (nSPS) is 10.4. The van der Waals surface area contributed by atoms with Gasteiger partial charge in [0.25, 0.3) is 0 Å². The number of pyridine rings is 1. The zero-order valence-electron chi connectivity index (χ0n) is 11.4. The monoisotopic (exact) mass is 354 g/mol. The van der Waals surface area contributed by atoms with Gasteiger partial charge in [-0.1, -0.05) is 0 Å². The summed E-state index contributed by atoms with van der Waals surface area (Å²) in [7, 11) is 0. The highest BCUT2D eigenvalue weighted by Crippen LogP contribution is 2.27. The molecule has 106 valence electrons. The number of alkyl halides is 1. The highest BCUT2D eigenvalue weighted by molar-refractivity contribution is 9.10. The number of nitrogens with one attached hydrogen (secondary N) is 1. The van der Waals surface area contributed by atoms with Crippen molar-refractivity contribution in [3.63, 3.8) is 0 Å². The number of hydrogen-bond donors (Lipinski definition) is 1. The van der Waals surface area contributed by atoms with Crippen LogP contribution >= 0.6 is 27.5 Å². The SMILES string of the molecule is CCOc1ccc(Nc2cc(C)c(Br)cn2)cc1CCl. The highest BCUT2D eigenvalue weighted by atomic mass is 79.9. The molecule has 0 aliphatic carbocycles. The number of halogens is 2. The number of aryl methyl sites for hydroxylation is 1. The van der Waals surface area contributed by atoms with Gasteiger partial charge in [-0.3, -0.25) is 0 Å². The number of nitrogens with zero attached hydrogens (tertiary/aromatic N) is 1. The molecule has 0 saturated heterocycles. The molecule has 0 atom stereocenters. The van der Waals surface area contributed by atoms with Gasteiger partial charge in [-0.15, -0.1) is 11.6 Å². The van der Waals surface area contributed by atoms with E-state index in [9.17, 15) is 0 Å². The van der Waals surface area contributed by atoms with Crippen molar-refractivity contribution in [3.05, 3.63) is 46.1 Å². The average molecular weight is 356 g/mol. The predicted octanol–water partition coefficient (Wildman–Crippen LogP) is 5.03. The molecule has 0 aliphatic rings. The molecule has 0 radical (unpaired) electrons. The molecule has 0 amide bonds. The third-order valence-corrected chi connectivity index (χ3v) is 3.94. The lowest BCUT2D eigenvalue weighted by molar-refractivity contribution is 0.337. The van der Waals surface area contributed by atoms with Crippen LogP contribution in [0.25, 0.3) is 0 Å². The van der Waals surface area contributed by atoms with Crippen LogP contribution in [0.2, 0.25) is 0 Å². The van der Waals surface area contributed by atoms with E-state index in [2.05, 4.69) is 26.2 Å². The minimum Gasteiger partial charge on any atom is -0.494 e. The van der Waals surface area contributed by atoms with E-state index in [4.69, 9.17) is 16.3 Å². The van der Waals surface area contributed by atoms with Crippen LogP contribution in [0, 0.1) is 6.92 Å². The number of rotatable bonds is 5. The summed E-state index contributed by atoms with van der Waals surface area (Å²) in [6, 6.07) is 7.85. The van der Waals surface area contributed by atoms with Crippen LogP contribution in [-0.2, 0) is 5.88 Å². The lowest BCUT2D eigenvalue weighted by atomic mass is 10.2. The largest absolute Gasteiger partial charge is 0.494 e. The summed E-state index contributed by atoms with van der Waals surface area (Å²) in [5, 5.41) is 3.27. The minimum absolute atomic E-state index is 0.414. The summed E-state index contributed by atoms with van der Waals surface area (Å²) in [6.45, 7) is 4.61. The summed E-state index contributed by atoms with van der Waals surface area (Å²) >= 11 is 9.40. The molecular formula is C15H16BrClN2O. The van der Waals surface area contributed by atoms with Crippen LogP contribution in [-0.4, -0.2) is 11.6 Å². The number of benzene rings is 1. The zero-order valence-corrected chi connectivity index (χ0v) is 13.8. The zero-order chi connectivity index (χ0) is 14.5. The number of anilines is 2. The fourth-order valence-corrected chi connectivity index (χ4v) is 2.24. The lowest BCUT2D eigenvalue weighted by Crippen LogP contribution is -1.98. The summed E-state index contributed by atoms with van der Waals surface area (Å²) < 4.78 is 6.53. The van der Waals surface area contributed by atoms with Gasteiger partial charge in [0, 0.05) is 21.9 Å². The van der Waals surface area contributed by atoms with Crippen molar-refractivity contribution in [2.45, 2.75) is 19.7 Å². The molecule has 1 aromatic carbocycles. The molecule has 20 heavy (non-hydrogen) atoms. The fraction of sp³-hybridized carbons (Fsp3) is 0.267. The van der Waals surface area contributed by atoms with Crippen molar-refractivity contribution in [1.82, 2.24) is 4.98 Å². The molecule has 0 fully saturated rings. The van der Waals surface area contributed by atoms with Crippen LogP contribution in [0.4, 0.5) is 11.5 Å². The summed E-state index contributed by atoms with van der Waals surface area (Å²) in [5.74, 6) is 2.04. The molecule has 0 aliphatic heterocycles. The van der Waals surface area contributed by atoms with Crippen LogP contribution < -0.4 is 10.1 Å². The Balaban J connectivity index is 2.22. The maximum Gasteiger partial charge on any atom is 0.130 e. The third-order valence-electron chi connectivity index (χ3n) is 2.82. The second-order valence-electron chi connectivity index (χ2n) is 4.33. The Morgan fingerprint density at radius 2 is 2.15 bits per heavy atom. The highest BCUT2D eigenvalue weighted by Gasteiger charge is 2.05. The van der Waals surface area contributed by atoms with Gasteiger partial charge < -0.3 is 10.1 Å². The Morgan fingerprint density at radius 1 is 1.35 bits per heavy atom. The van der Waals surface area contributed by atoms with Crippen LogP contribution in [0.5, 0.6) is 5.75 Å². The molecule has 0 bridgehead atoms. The number of aromatic nitrogens is 1. The van der Waals surface area contributed by atoms with E-state index in [0.717, 1.165) is 32.9 Å². The summed E-state index contributed by atoms with van der Waals surface area (Å²) in [5.41, 5.74) is 3.04. The molecule has 5 heteroatoms. The van der Waals surface area contributed by atoms with Gasteiger partial charge in [0.15, 0.2) is 0 Å². The van der Waals surface area contributed by atoms with Gasteiger partial charge >= 0.3 is 0 Å². The Kier molecular flexibility index (Phi) is 5.26. The standard InChI is InChI=1S/C15H16BrClN2O/c1-3-20-14-5-4-12(7-11(14)8-17)19-15-6-10(2)13(16)9-18-15/h4-7,9H,3,8H2,1-2H3,(H,18,19). The van der Waals surface area contributed by atoms with E-state index < -0.39 is 0 Å². The Morgan fingerprint density at radius 3 is 2.80 bits per heavy atom. The van der Waals surface area contributed by atoms with Crippen molar-refractivity contribution >= 4 is 39.0 Å². The van der Waals surface area contributed by atoms with Gasteiger partial charge in [-0.2, -0.15) is 0 Å². The summed E-state index contributed by atoms with van der Waals surface area (Å²) in [6.07, 6.45) is 1.79. The van der Waals surface area contributed by atoms with Crippen LogP contribution in [0.15, 0.2) is 34.9 Å². The van der Waals surface area contributed by atoms with Gasteiger partial charge in [-0.05, 0) is 59.6 Å². The van der Waals surface area contributed by atoms with Crippen molar-refractivity contribution < 1.29 is 4.74 Å². The molecule has 3 nitrogen and oxygen atoms in total. The molecular weight excluding hydrogens is 340 g/mol. The summed E-state index contributed by atoms with van der Waals surface area (Å²) in [4.78, 5) is 4.33. The second-order valence-corrected chi connectivity index (χ2v) is 5.45. The fourth-order valence-electron chi connectivity index (χ4n) is 1.81. The predicted molar refractivity (Wildman–Crippen MR) is 87.1 cm³/mol. The van der Waals surface area contributed by atoms with Gasteiger partial charge in [-0.25, -0.2) is 4.98 Å². The quantitative estimate of drug-likeness (QED) is 0.763. The van der Waals surface area contributed by atoms with E-state index in [-0.39, 0.29) is 0 Å². The van der Waals surface area contributed by atoms with E-state index in [1.54, 1.807) is 6.20 Å². The molecule has 2 rings (SSSR count). The minimum atomic E-state index is 0.414. The lowest BCUT2D eigenvalue weighted by Gasteiger charge is -2.12. The number of ether oxygens (including phenoxy) is 1. The molecule has 0 spiro atoms. The molecule has 0 unspecified atom stereocenters. The van der Waals surface area contributed by atoms with Crippen molar-refractivity contribution in [2.24, 2.45) is 0 Å². The smallest absolute Gasteiger partial charge is 0.130 e. The maximum absolute atomic E-state index is 5.96. The first-order valence-electron chi connectivity index (χ1n) is 6.35. The van der Waals surface area contributed by atoms with Gasteiger partial charge in [0.05, 0.1) is 12.5 Å². The molecule has 2 aromatic rings. The Hall–Kier alpha value is -1.26.